The molecule has 2 aromatic carbocycles. The molecule has 3 rings (SSSR count). The van der Waals surface area contributed by atoms with Gasteiger partial charge in [0, 0.05) is 0 Å². The van der Waals surface area contributed by atoms with E-state index >= 15 is 0 Å². The first-order valence-corrected chi connectivity index (χ1v) is 12.7. The molecule has 1 atom stereocenters. The molecule has 3 heteroatoms. The molecule has 1 heterocycles. The van der Waals surface area contributed by atoms with E-state index in [1.165, 1.54) is 23.5 Å². The van der Waals surface area contributed by atoms with Gasteiger partial charge in [-0.2, -0.15) is 0 Å². The van der Waals surface area contributed by atoms with Crippen LogP contribution < -0.4 is 0 Å². The van der Waals surface area contributed by atoms with Gasteiger partial charge in [0.15, 0.2) is 0 Å². The van der Waals surface area contributed by atoms with Crippen LogP contribution in [0, 0.1) is 0 Å². The van der Waals surface area contributed by atoms with E-state index in [0.29, 0.717) is 0 Å². The largest absolute Gasteiger partial charge is 0.467 e. The van der Waals surface area contributed by atoms with Crippen molar-refractivity contribution < 1.29 is 9.15 Å². The van der Waals surface area contributed by atoms with Gasteiger partial charge in [-0.25, -0.2) is 0 Å². The fraction of sp³-hybridized carbons (Fsp3) is 0.385. The summed E-state index contributed by atoms with van der Waals surface area (Å²) in [7, 11) is -0.0610. The third-order valence-electron chi connectivity index (χ3n) is 5.26. The van der Waals surface area contributed by atoms with Gasteiger partial charge in [-0.3, -0.25) is 0 Å². The van der Waals surface area contributed by atoms with Crippen molar-refractivity contribution in [3.05, 3.63) is 95.9 Å². The zero-order chi connectivity index (χ0) is 20.2. The Kier molecular flexibility index (Phi) is 9.50. The predicted molar refractivity (Wildman–Crippen MR) is 124 cm³/mol. The number of aryl methyl sites for hydroxylation is 2. The summed E-state index contributed by atoms with van der Waals surface area (Å²) in [6, 6.07) is 25.7. The van der Waals surface area contributed by atoms with Crippen molar-refractivity contribution in [1.82, 2.24) is 0 Å². The average molecular weight is 409 g/mol. The predicted octanol–water partition coefficient (Wildman–Crippen LogP) is 7.10. The molecule has 0 fully saturated rings. The molecule has 0 saturated heterocycles. The normalized spacial score (nSPS) is 12.3. The summed E-state index contributed by atoms with van der Waals surface area (Å²) in [6.07, 6.45) is 9.99. The van der Waals surface area contributed by atoms with Gasteiger partial charge in [0.1, 0.15) is 11.9 Å². The number of hydrogen-bond donors (Lipinski definition) is 0. The highest BCUT2D eigenvalue weighted by Gasteiger charge is 2.15. The highest BCUT2D eigenvalue weighted by atomic mass is 31.1. The Balaban J connectivity index is 1.53. The van der Waals surface area contributed by atoms with E-state index in [2.05, 4.69) is 67.6 Å². The van der Waals surface area contributed by atoms with Crippen molar-refractivity contribution in [1.29, 1.82) is 0 Å². The molecule has 0 aliphatic carbocycles. The number of hydrogen-bond acceptors (Lipinski definition) is 2. The summed E-state index contributed by atoms with van der Waals surface area (Å²) in [5.74, 6) is 0.963. The van der Waals surface area contributed by atoms with Gasteiger partial charge >= 0.3 is 0 Å². The molecule has 0 spiro atoms. The molecule has 0 bridgehead atoms. The Morgan fingerprint density at radius 1 is 0.793 bits per heavy atom. The van der Waals surface area contributed by atoms with Crippen LogP contribution >= 0.6 is 7.92 Å². The average Bonchev–Trinajstić information content (AvgIpc) is 3.31. The number of ether oxygens (including phenoxy) is 1. The summed E-state index contributed by atoms with van der Waals surface area (Å²) >= 11 is 0. The van der Waals surface area contributed by atoms with Gasteiger partial charge in [-0.05, 0) is 61.0 Å². The van der Waals surface area contributed by atoms with E-state index in [1.807, 2.05) is 12.1 Å². The summed E-state index contributed by atoms with van der Waals surface area (Å²) in [5.41, 5.74) is 2.89. The first-order chi connectivity index (χ1) is 14.3. The number of benzene rings is 2. The molecule has 0 aliphatic heterocycles. The minimum absolute atomic E-state index is 0.0610. The SMILES string of the molecule is CCCC(OCCP(CCc1ccccc1)CCc1ccccc1)c1ccco1. The molecule has 3 aromatic rings. The Morgan fingerprint density at radius 3 is 1.93 bits per heavy atom. The topological polar surface area (TPSA) is 22.4 Å². The Hall–Kier alpha value is -1.89. The molecule has 1 aromatic heterocycles. The molecular weight excluding hydrogens is 375 g/mol. The van der Waals surface area contributed by atoms with Crippen molar-refractivity contribution in [2.24, 2.45) is 0 Å². The Bertz CT molecular complexity index is 727. The highest BCUT2D eigenvalue weighted by molar-refractivity contribution is 7.57. The van der Waals surface area contributed by atoms with E-state index in [0.717, 1.165) is 44.2 Å². The van der Waals surface area contributed by atoms with Gasteiger partial charge < -0.3 is 9.15 Å². The van der Waals surface area contributed by atoms with Crippen LogP contribution in [0.5, 0.6) is 0 Å². The molecule has 0 saturated carbocycles. The van der Waals surface area contributed by atoms with E-state index in [9.17, 15) is 0 Å². The van der Waals surface area contributed by atoms with Crippen LogP contribution in [-0.4, -0.2) is 25.1 Å². The third-order valence-corrected chi connectivity index (χ3v) is 7.78. The third kappa shape index (κ3) is 7.80. The van der Waals surface area contributed by atoms with Gasteiger partial charge in [-0.15, -0.1) is 7.92 Å². The van der Waals surface area contributed by atoms with Crippen molar-refractivity contribution in [2.45, 2.75) is 38.7 Å². The minimum Gasteiger partial charge on any atom is -0.467 e. The van der Waals surface area contributed by atoms with Gasteiger partial charge in [0.2, 0.25) is 0 Å². The van der Waals surface area contributed by atoms with Crippen LogP contribution in [0.3, 0.4) is 0 Å². The monoisotopic (exact) mass is 408 g/mol. The smallest absolute Gasteiger partial charge is 0.132 e. The zero-order valence-electron chi connectivity index (χ0n) is 17.5. The Labute approximate surface area is 177 Å². The van der Waals surface area contributed by atoms with Crippen molar-refractivity contribution >= 4 is 7.92 Å². The number of furan rings is 1. The van der Waals surface area contributed by atoms with Gasteiger partial charge in [-0.1, -0.05) is 74.0 Å². The maximum atomic E-state index is 6.28. The molecule has 0 N–H and O–H groups in total. The molecule has 0 amide bonds. The first-order valence-electron chi connectivity index (χ1n) is 10.8. The van der Waals surface area contributed by atoms with Crippen LogP contribution in [0.25, 0.3) is 0 Å². The van der Waals surface area contributed by atoms with E-state index in [1.54, 1.807) is 6.26 Å². The lowest BCUT2D eigenvalue weighted by atomic mass is 10.1. The van der Waals surface area contributed by atoms with E-state index < -0.39 is 0 Å². The second kappa shape index (κ2) is 12.6. The lowest BCUT2D eigenvalue weighted by Gasteiger charge is -2.21. The fourth-order valence-corrected chi connectivity index (χ4v) is 5.75. The van der Waals surface area contributed by atoms with Crippen LogP contribution in [0.15, 0.2) is 83.5 Å². The highest BCUT2D eigenvalue weighted by Crippen LogP contribution is 2.37. The molecule has 2 nitrogen and oxygen atoms in total. The molecule has 29 heavy (non-hydrogen) atoms. The lowest BCUT2D eigenvalue weighted by Crippen LogP contribution is -2.10. The maximum absolute atomic E-state index is 6.28. The summed E-state index contributed by atoms with van der Waals surface area (Å²) in [4.78, 5) is 0. The molecule has 0 aliphatic rings. The number of rotatable bonds is 13. The minimum atomic E-state index is -0.0610. The van der Waals surface area contributed by atoms with Gasteiger partial charge in [0.05, 0.1) is 12.9 Å². The lowest BCUT2D eigenvalue weighted by molar-refractivity contribution is 0.0414. The maximum Gasteiger partial charge on any atom is 0.132 e. The molecule has 154 valence electrons. The molecule has 0 radical (unpaired) electrons. The summed E-state index contributed by atoms with van der Waals surface area (Å²) < 4.78 is 11.9. The zero-order valence-corrected chi connectivity index (χ0v) is 18.4. The summed E-state index contributed by atoms with van der Waals surface area (Å²) in [5, 5.41) is 0. The quantitative estimate of drug-likeness (QED) is 0.281. The van der Waals surface area contributed by atoms with Crippen LogP contribution in [0.1, 0.15) is 42.8 Å². The van der Waals surface area contributed by atoms with Gasteiger partial charge in [0.25, 0.3) is 0 Å². The van der Waals surface area contributed by atoms with Crippen molar-refractivity contribution in [3.8, 4) is 0 Å². The van der Waals surface area contributed by atoms with Crippen LogP contribution in [0.2, 0.25) is 0 Å². The second-order valence-electron chi connectivity index (χ2n) is 7.48. The first kappa shape index (κ1) is 21.8. The molecule has 1 unspecified atom stereocenters. The molecular formula is C26H33O2P. The summed E-state index contributed by atoms with van der Waals surface area (Å²) in [6.45, 7) is 3.02. The van der Waals surface area contributed by atoms with E-state index in [-0.39, 0.29) is 14.0 Å². The second-order valence-corrected chi connectivity index (χ2v) is 10.2. The van der Waals surface area contributed by atoms with Crippen molar-refractivity contribution in [3.63, 3.8) is 0 Å². The standard InChI is InChI=1S/C26H33O2P/c1-2-10-25(26-15-9-18-27-26)28-19-22-29(20-16-23-11-5-3-6-12-23)21-17-24-13-7-4-8-14-24/h3-9,11-15,18,25H,2,10,16-17,19-22H2,1H3. The van der Waals surface area contributed by atoms with E-state index in [4.69, 9.17) is 9.15 Å². The fourth-order valence-electron chi connectivity index (χ4n) is 3.57. The van der Waals surface area contributed by atoms with Crippen LogP contribution in [0.4, 0.5) is 0 Å². The Morgan fingerprint density at radius 2 is 1.41 bits per heavy atom. The van der Waals surface area contributed by atoms with Crippen molar-refractivity contribution in [2.75, 3.05) is 25.1 Å². The van der Waals surface area contributed by atoms with Crippen LogP contribution in [-0.2, 0) is 17.6 Å².